The van der Waals surface area contributed by atoms with E-state index in [0.717, 1.165) is 69.8 Å². The molecule has 4 nitrogen and oxygen atoms in total. The van der Waals surface area contributed by atoms with Crippen molar-refractivity contribution in [3.8, 4) is 0 Å². The van der Waals surface area contributed by atoms with Gasteiger partial charge in [-0.25, -0.2) is 9.59 Å². The van der Waals surface area contributed by atoms with Crippen molar-refractivity contribution < 1.29 is 19.1 Å². The van der Waals surface area contributed by atoms with Crippen LogP contribution in [-0.2, 0) is 22.3 Å². The van der Waals surface area contributed by atoms with Crippen LogP contribution < -0.4 is 0 Å². The molecule has 254 valence electrons. The highest BCUT2D eigenvalue weighted by Gasteiger charge is 2.27. The lowest BCUT2D eigenvalue weighted by Gasteiger charge is -2.24. The van der Waals surface area contributed by atoms with Gasteiger partial charge in [0, 0.05) is 0 Å². The van der Waals surface area contributed by atoms with Gasteiger partial charge in [-0.1, -0.05) is 163 Å². The first-order valence-electron chi connectivity index (χ1n) is 19.0. The van der Waals surface area contributed by atoms with Gasteiger partial charge < -0.3 is 9.47 Å². The first kappa shape index (κ1) is 40.2. The van der Waals surface area contributed by atoms with Gasteiger partial charge in [-0.15, -0.1) is 0 Å². The maximum absolute atomic E-state index is 13.9. The molecule has 1 aromatic rings. The van der Waals surface area contributed by atoms with E-state index in [-0.39, 0.29) is 11.9 Å². The SMILES string of the molecule is CCCCCCCCOC(=O)c1ccc(CC(CC)CCCC)c(CC(CC)CCCC)c1C(=O)OCCCCCCCC. The third-order valence-corrected chi connectivity index (χ3v) is 9.38. The van der Waals surface area contributed by atoms with Crippen LogP contribution in [0.1, 0.15) is 202 Å². The molecule has 0 aliphatic rings. The number of hydrogen-bond donors (Lipinski definition) is 0. The first-order valence-corrected chi connectivity index (χ1v) is 19.0. The Labute approximate surface area is 272 Å². The van der Waals surface area contributed by atoms with Crippen LogP contribution in [0.3, 0.4) is 0 Å². The molecule has 2 atom stereocenters. The Balaban J connectivity index is 3.35. The van der Waals surface area contributed by atoms with Crippen molar-refractivity contribution in [2.24, 2.45) is 11.8 Å². The Bertz CT molecular complexity index is 876. The standard InChI is InChI=1S/C40H70O4/c1-7-13-17-19-21-23-29-43-39(41)36-28-27-35(31-33(11-5)25-15-9-3)37(32-34(12-6)26-16-10-4)38(36)40(42)44-30-24-22-20-18-14-8-2/h27-28,33-34H,7-26,29-32H2,1-6H3. The number of hydrogen-bond acceptors (Lipinski definition) is 4. The van der Waals surface area contributed by atoms with Crippen LogP contribution in [0, 0.1) is 11.8 Å². The van der Waals surface area contributed by atoms with Crippen LogP contribution in [0.2, 0.25) is 0 Å². The highest BCUT2D eigenvalue weighted by molar-refractivity contribution is 6.04. The van der Waals surface area contributed by atoms with Crippen molar-refractivity contribution in [3.05, 3.63) is 34.4 Å². The van der Waals surface area contributed by atoms with E-state index in [4.69, 9.17) is 9.47 Å². The fourth-order valence-electron chi connectivity index (χ4n) is 6.25. The third kappa shape index (κ3) is 16.5. The van der Waals surface area contributed by atoms with Gasteiger partial charge in [-0.05, 0) is 54.7 Å². The molecule has 0 saturated heterocycles. The minimum Gasteiger partial charge on any atom is -0.462 e. The van der Waals surface area contributed by atoms with E-state index in [1.807, 2.05) is 6.07 Å². The normalized spacial score (nSPS) is 12.7. The molecule has 1 aromatic carbocycles. The van der Waals surface area contributed by atoms with Gasteiger partial charge in [0.2, 0.25) is 0 Å². The van der Waals surface area contributed by atoms with Crippen LogP contribution in [0.25, 0.3) is 0 Å². The lowest BCUT2D eigenvalue weighted by molar-refractivity contribution is 0.0448. The molecule has 4 heteroatoms. The van der Waals surface area contributed by atoms with Crippen molar-refractivity contribution in [3.63, 3.8) is 0 Å². The van der Waals surface area contributed by atoms with Crippen molar-refractivity contribution in [1.29, 1.82) is 0 Å². The van der Waals surface area contributed by atoms with Gasteiger partial charge in [0.05, 0.1) is 24.3 Å². The number of ether oxygens (including phenoxy) is 2. The highest BCUT2D eigenvalue weighted by Crippen LogP contribution is 2.31. The molecule has 44 heavy (non-hydrogen) atoms. The maximum atomic E-state index is 13.9. The van der Waals surface area contributed by atoms with Crippen LogP contribution in [0.4, 0.5) is 0 Å². The maximum Gasteiger partial charge on any atom is 0.339 e. The molecule has 0 aliphatic carbocycles. The number of esters is 2. The number of rotatable bonds is 28. The zero-order valence-electron chi connectivity index (χ0n) is 29.9. The molecule has 1 rings (SSSR count). The smallest absolute Gasteiger partial charge is 0.339 e. The minimum atomic E-state index is -0.377. The Morgan fingerprint density at radius 2 is 1.00 bits per heavy atom. The van der Waals surface area contributed by atoms with Gasteiger partial charge in [0.15, 0.2) is 0 Å². The Kier molecular flexibility index (Phi) is 24.1. The molecule has 0 amide bonds. The molecule has 0 N–H and O–H groups in total. The minimum absolute atomic E-state index is 0.339. The molecule has 0 saturated carbocycles. The molecule has 0 spiro atoms. The number of carbonyl (C=O) groups excluding carboxylic acids is 2. The van der Waals surface area contributed by atoms with Crippen molar-refractivity contribution >= 4 is 11.9 Å². The summed E-state index contributed by atoms with van der Waals surface area (Å²) in [7, 11) is 0. The summed E-state index contributed by atoms with van der Waals surface area (Å²) < 4.78 is 11.8. The van der Waals surface area contributed by atoms with E-state index >= 15 is 0 Å². The Morgan fingerprint density at radius 3 is 1.50 bits per heavy atom. The summed E-state index contributed by atoms with van der Waals surface area (Å²) in [6, 6.07) is 3.99. The summed E-state index contributed by atoms with van der Waals surface area (Å²) in [6.07, 6.45) is 24.7. The van der Waals surface area contributed by atoms with Crippen LogP contribution in [0.5, 0.6) is 0 Å². The zero-order valence-corrected chi connectivity index (χ0v) is 29.9. The van der Waals surface area contributed by atoms with Crippen LogP contribution >= 0.6 is 0 Å². The van der Waals surface area contributed by atoms with E-state index in [1.54, 1.807) is 0 Å². The molecule has 0 heterocycles. The topological polar surface area (TPSA) is 52.6 Å². The lowest BCUT2D eigenvalue weighted by Crippen LogP contribution is -2.21. The second kappa shape index (κ2) is 26.4. The fourth-order valence-corrected chi connectivity index (χ4v) is 6.25. The van der Waals surface area contributed by atoms with Crippen molar-refractivity contribution in [2.75, 3.05) is 13.2 Å². The van der Waals surface area contributed by atoms with E-state index in [1.165, 1.54) is 82.6 Å². The average Bonchev–Trinajstić information content (AvgIpc) is 3.03. The van der Waals surface area contributed by atoms with Gasteiger partial charge in [0.1, 0.15) is 0 Å². The average molecular weight is 615 g/mol. The summed E-state index contributed by atoms with van der Waals surface area (Å²) in [5.41, 5.74) is 3.16. The van der Waals surface area contributed by atoms with E-state index in [2.05, 4.69) is 47.6 Å². The predicted molar refractivity (Wildman–Crippen MR) is 188 cm³/mol. The summed E-state index contributed by atoms with van der Waals surface area (Å²) >= 11 is 0. The fraction of sp³-hybridized carbons (Fsp3) is 0.800. The molecular formula is C40H70O4. The summed E-state index contributed by atoms with van der Waals surface area (Å²) in [4.78, 5) is 27.5. The number of benzene rings is 1. The van der Waals surface area contributed by atoms with Gasteiger partial charge in [-0.3, -0.25) is 0 Å². The Hall–Kier alpha value is -1.84. The quantitative estimate of drug-likeness (QED) is 0.0696. The molecule has 0 aromatic heterocycles. The lowest BCUT2D eigenvalue weighted by atomic mass is 9.82. The first-order chi connectivity index (χ1) is 21.5. The van der Waals surface area contributed by atoms with E-state index < -0.39 is 0 Å². The monoisotopic (exact) mass is 615 g/mol. The zero-order chi connectivity index (χ0) is 32.4. The van der Waals surface area contributed by atoms with Gasteiger partial charge in [-0.2, -0.15) is 0 Å². The Morgan fingerprint density at radius 1 is 0.545 bits per heavy atom. The molecule has 0 radical (unpaired) electrons. The molecule has 2 unspecified atom stereocenters. The summed E-state index contributed by atoms with van der Waals surface area (Å²) in [5, 5.41) is 0. The summed E-state index contributed by atoms with van der Waals surface area (Å²) in [6.45, 7) is 14.3. The molecule has 0 aliphatic heterocycles. The highest BCUT2D eigenvalue weighted by atomic mass is 16.5. The second-order valence-electron chi connectivity index (χ2n) is 13.2. The van der Waals surface area contributed by atoms with Crippen molar-refractivity contribution in [2.45, 2.75) is 183 Å². The largest absolute Gasteiger partial charge is 0.462 e. The second-order valence-corrected chi connectivity index (χ2v) is 13.2. The third-order valence-electron chi connectivity index (χ3n) is 9.38. The van der Waals surface area contributed by atoms with E-state index in [0.29, 0.717) is 36.2 Å². The van der Waals surface area contributed by atoms with Crippen LogP contribution in [-0.4, -0.2) is 25.2 Å². The van der Waals surface area contributed by atoms with Crippen LogP contribution in [0.15, 0.2) is 12.1 Å². The molecule has 0 bridgehead atoms. The summed E-state index contributed by atoms with van der Waals surface area (Å²) in [5.74, 6) is 0.331. The number of carbonyl (C=O) groups is 2. The molecule has 0 fully saturated rings. The molecular weight excluding hydrogens is 544 g/mol. The predicted octanol–water partition coefficient (Wildman–Crippen LogP) is 12.2. The van der Waals surface area contributed by atoms with Gasteiger partial charge >= 0.3 is 11.9 Å². The van der Waals surface area contributed by atoms with Gasteiger partial charge in [0.25, 0.3) is 0 Å². The van der Waals surface area contributed by atoms with Crippen molar-refractivity contribution in [1.82, 2.24) is 0 Å². The number of unbranched alkanes of at least 4 members (excludes halogenated alkanes) is 12. The van der Waals surface area contributed by atoms with E-state index in [9.17, 15) is 9.59 Å².